The highest BCUT2D eigenvalue weighted by atomic mass is 16.5. The van der Waals surface area contributed by atoms with Crippen LogP contribution in [0.2, 0.25) is 0 Å². The number of para-hydroxylation sites is 1. The van der Waals surface area contributed by atoms with Crippen LogP contribution >= 0.6 is 0 Å². The predicted octanol–water partition coefficient (Wildman–Crippen LogP) is 12.2. The maximum absolute atomic E-state index is 11.6. The number of carboxylic acids is 1. The van der Waals surface area contributed by atoms with Gasteiger partial charge in [-0.2, -0.15) is 0 Å². The van der Waals surface area contributed by atoms with Gasteiger partial charge in [-0.1, -0.05) is 96.6 Å². The first kappa shape index (κ1) is 33.8. The molecule has 0 saturated carbocycles. The van der Waals surface area contributed by atoms with Gasteiger partial charge in [-0.05, 0) is 56.0 Å². The molecule has 3 heterocycles. The van der Waals surface area contributed by atoms with Crippen LogP contribution in [0.5, 0.6) is 5.75 Å². The second-order valence-electron chi connectivity index (χ2n) is 14.0. The summed E-state index contributed by atoms with van der Waals surface area (Å²) in [7, 11) is 0. The number of nitrogens with zero attached hydrogens (tertiary/aromatic N) is 2. The molecule has 6 aromatic rings. The van der Waals surface area contributed by atoms with Gasteiger partial charge in [-0.15, -0.1) is 0 Å². The molecule has 0 saturated heterocycles. The van der Waals surface area contributed by atoms with Gasteiger partial charge in [0.15, 0.2) is 17.6 Å². The summed E-state index contributed by atoms with van der Waals surface area (Å²) in [6.45, 7) is 11.1. The van der Waals surface area contributed by atoms with Crippen molar-refractivity contribution in [1.29, 1.82) is 0 Å². The van der Waals surface area contributed by atoms with Crippen LogP contribution in [-0.2, 0) is 0 Å². The van der Waals surface area contributed by atoms with Crippen LogP contribution in [0.1, 0.15) is 120 Å². The van der Waals surface area contributed by atoms with Crippen molar-refractivity contribution >= 4 is 61.1 Å². The van der Waals surface area contributed by atoms with Gasteiger partial charge in [-0.25, -0.2) is 4.79 Å². The number of carbonyl (C=O) groups is 1. The van der Waals surface area contributed by atoms with Crippen LogP contribution in [0.15, 0.2) is 71.1 Å². The van der Waals surface area contributed by atoms with Crippen molar-refractivity contribution in [1.82, 2.24) is 4.57 Å². The molecule has 7 nitrogen and oxygen atoms in total. The molecule has 0 fully saturated rings. The fourth-order valence-electron chi connectivity index (χ4n) is 7.88. The van der Waals surface area contributed by atoms with Crippen LogP contribution in [0.4, 0.5) is 11.4 Å². The van der Waals surface area contributed by atoms with Crippen LogP contribution < -0.4 is 15.0 Å². The van der Waals surface area contributed by atoms with Crippen molar-refractivity contribution < 1.29 is 19.1 Å². The summed E-state index contributed by atoms with van der Waals surface area (Å²) in [6, 6.07) is 22.9. The lowest BCUT2D eigenvalue weighted by Crippen LogP contribution is -2.25. The zero-order valence-corrected chi connectivity index (χ0v) is 30.1. The predicted molar refractivity (Wildman–Crippen MR) is 207 cm³/mol. The largest absolute Gasteiger partial charge is 0.478 e. The highest BCUT2D eigenvalue weighted by Crippen LogP contribution is 2.54. The molecule has 0 spiro atoms. The minimum Gasteiger partial charge on any atom is -0.478 e. The highest BCUT2D eigenvalue weighted by Gasteiger charge is 2.35. The van der Waals surface area contributed by atoms with Crippen molar-refractivity contribution in [3.8, 4) is 5.75 Å². The van der Waals surface area contributed by atoms with Crippen LogP contribution in [0.3, 0.4) is 0 Å². The molecule has 2 N–H and O–H groups in total. The molecule has 7 heteroatoms. The maximum atomic E-state index is 11.6. The molecule has 1 aliphatic heterocycles. The molecule has 0 bridgehead atoms. The minimum atomic E-state index is -0.942. The normalized spacial score (nSPS) is 14.2. The van der Waals surface area contributed by atoms with Gasteiger partial charge in [0.05, 0.1) is 11.1 Å². The average Bonchev–Trinajstić information content (AvgIpc) is 3.84. The van der Waals surface area contributed by atoms with Gasteiger partial charge < -0.3 is 29.0 Å². The number of aromatic nitrogens is 1. The first-order chi connectivity index (χ1) is 24.5. The number of furan rings is 1. The van der Waals surface area contributed by atoms with E-state index < -0.39 is 12.2 Å². The third kappa shape index (κ3) is 6.05. The minimum absolute atomic E-state index is 0.254. The van der Waals surface area contributed by atoms with E-state index in [0.717, 1.165) is 109 Å². The number of carboxylic acid groups (broad SMARTS) is 1. The smallest absolute Gasteiger partial charge is 0.335 e. The third-order valence-electron chi connectivity index (χ3n) is 10.6. The van der Waals surface area contributed by atoms with Gasteiger partial charge in [0, 0.05) is 63.5 Å². The Morgan fingerprint density at radius 2 is 1.52 bits per heavy atom. The molecule has 1 atom stereocenters. The summed E-state index contributed by atoms with van der Waals surface area (Å²) in [6.07, 6.45) is 11.0. The molecule has 2 aromatic heterocycles. The number of nitrogens with one attached hydrogen (secondary N) is 1. The Hall–Kier alpha value is -4.65. The maximum Gasteiger partial charge on any atom is 0.335 e. The summed E-state index contributed by atoms with van der Waals surface area (Å²) in [4.78, 5) is 14.1. The number of ether oxygens (including phenoxy) is 1. The van der Waals surface area contributed by atoms with E-state index >= 15 is 0 Å². The van der Waals surface area contributed by atoms with Crippen LogP contribution in [0.25, 0.3) is 43.7 Å². The Morgan fingerprint density at radius 3 is 2.18 bits per heavy atom. The van der Waals surface area contributed by atoms with E-state index in [0.29, 0.717) is 6.04 Å². The molecule has 0 radical (unpaired) electrons. The number of aromatic carboxylic acids is 1. The average molecular weight is 674 g/mol. The van der Waals surface area contributed by atoms with E-state index in [-0.39, 0.29) is 5.56 Å². The SMILES string of the molecule is CCCCC(CCCC)n1c2ccccc2c2c3c(oc4cc(N(CCCC)CCCC)ccc43)c3c(c21)NC(c1ccc(C(=O)O)cc1)O3. The van der Waals surface area contributed by atoms with Crippen molar-refractivity contribution in [2.24, 2.45) is 0 Å². The molecule has 1 unspecified atom stereocenters. The Morgan fingerprint density at radius 1 is 0.840 bits per heavy atom. The Kier molecular flexibility index (Phi) is 9.93. The number of benzene rings is 4. The van der Waals surface area contributed by atoms with Crippen LogP contribution in [0, 0.1) is 0 Å². The van der Waals surface area contributed by atoms with Gasteiger partial charge >= 0.3 is 5.97 Å². The quantitative estimate of drug-likeness (QED) is 0.106. The van der Waals surface area contributed by atoms with E-state index in [1.54, 1.807) is 12.1 Å². The molecule has 262 valence electrons. The van der Waals surface area contributed by atoms with E-state index in [1.165, 1.54) is 34.8 Å². The zero-order valence-electron chi connectivity index (χ0n) is 30.1. The zero-order chi connectivity index (χ0) is 34.8. The van der Waals surface area contributed by atoms with Crippen molar-refractivity contribution in [3.05, 3.63) is 77.9 Å². The van der Waals surface area contributed by atoms with Gasteiger partial charge in [-0.3, -0.25) is 0 Å². The van der Waals surface area contributed by atoms with Gasteiger partial charge in [0.1, 0.15) is 11.3 Å². The molecule has 7 rings (SSSR count). The number of hydrogen-bond acceptors (Lipinski definition) is 5. The summed E-state index contributed by atoms with van der Waals surface area (Å²) in [5, 5.41) is 17.9. The highest BCUT2D eigenvalue weighted by molar-refractivity contribution is 6.31. The lowest BCUT2D eigenvalue weighted by molar-refractivity contribution is 0.0696. The summed E-state index contributed by atoms with van der Waals surface area (Å²) in [5.41, 5.74) is 7.29. The Balaban J connectivity index is 1.49. The Bertz CT molecular complexity index is 2110. The van der Waals surface area contributed by atoms with Crippen molar-refractivity contribution in [2.75, 3.05) is 23.3 Å². The molecule has 0 amide bonds. The fourth-order valence-corrected chi connectivity index (χ4v) is 7.88. The fraction of sp³-hybridized carbons (Fsp3) is 0.419. The standard InChI is InChI=1S/C43H51N3O4/c1-5-9-15-30(16-10-6-2)46-34-18-14-13-17-32(34)36-37-33-24-23-31(45(25-11-7-3)26-12-8-4)27-35(33)49-40(37)41-38(39(36)46)44-42(50-41)28-19-21-29(22-20-28)43(47)48/h13-14,17-24,27,30,42,44H,5-12,15-16,25-26H2,1-4H3,(H,47,48). The topological polar surface area (TPSA) is 79.9 Å². The van der Waals surface area contributed by atoms with Crippen molar-refractivity contribution in [3.63, 3.8) is 0 Å². The monoisotopic (exact) mass is 673 g/mol. The second-order valence-corrected chi connectivity index (χ2v) is 14.0. The number of anilines is 2. The lowest BCUT2D eigenvalue weighted by Gasteiger charge is -2.24. The summed E-state index contributed by atoms with van der Waals surface area (Å²) in [5.74, 6) is -0.219. The first-order valence-corrected chi connectivity index (χ1v) is 18.9. The van der Waals surface area contributed by atoms with Gasteiger partial charge in [0.25, 0.3) is 0 Å². The molecule has 1 aliphatic rings. The van der Waals surface area contributed by atoms with E-state index in [9.17, 15) is 9.90 Å². The second kappa shape index (κ2) is 14.7. The number of hydrogen-bond donors (Lipinski definition) is 2. The number of unbranched alkanes of at least 4 members (excludes halogenated alkanes) is 4. The van der Waals surface area contributed by atoms with Crippen molar-refractivity contribution in [2.45, 2.75) is 104 Å². The molecular formula is C43H51N3O4. The molecule has 4 aromatic carbocycles. The van der Waals surface area contributed by atoms with E-state index in [1.807, 2.05) is 12.1 Å². The van der Waals surface area contributed by atoms with E-state index in [2.05, 4.69) is 84.9 Å². The third-order valence-corrected chi connectivity index (χ3v) is 10.6. The van der Waals surface area contributed by atoms with Crippen LogP contribution in [-0.4, -0.2) is 28.7 Å². The summed E-state index contributed by atoms with van der Waals surface area (Å²) < 4.78 is 16.4. The first-order valence-electron chi connectivity index (χ1n) is 18.9. The molecule has 50 heavy (non-hydrogen) atoms. The number of fused-ring (bicyclic) bond motifs is 10. The van der Waals surface area contributed by atoms with Gasteiger partial charge in [0.2, 0.25) is 0 Å². The summed E-state index contributed by atoms with van der Waals surface area (Å²) >= 11 is 0. The number of rotatable bonds is 16. The van der Waals surface area contributed by atoms with E-state index in [4.69, 9.17) is 9.15 Å². The molecular weight excluding hydrogens is 622 g/mol. The molecule has 0 aliphatic carbocycles. The lowest BCUT2D eigenvalue weighted by atomic mass is 10.0. The Labute approximate surface area is 295 Å².